The fourth-order valence-electron chi connectivity index (χ4n) is 1.67. The molecule has 0 aromatic heterocycles. The summed E-state index contributed by atoms with van der Waals surface area (Å²) in [6.45, 7) is 2.98. The van der Waals surface area contributed by atoms with Crippen molar-refractivity contribution in [1.29, 1.82) is 0 Å². The predicted octanol–water partition coefficient (Wildman–Crippen LogP) is 2.39. The smallest absolute Gasteiger partial charge is 0.261 e. The van der Waals surface area contributed by atoms with E-state index >= 15 is 0 Å². The molecule has 94 valence electrons. The fraction of sp³-hybridized carbons (Fsp3) is 0.167. The van der Waals surface area contributed by atoms with Gasteiger partial charge in [0.2, 0.25) is 0 Å². The van der Waals surface area contributed by atoms with Crippen LogP contribution in [0.2, 0.25) is 5.02 Å². The van der Waals surface area contributed by atoms with Gasteiger partial charge in [-0.25, -0.2) is 9.29 Å². The number of rotatable bonds is 1. The molecular formula is C12H9ClFNO3. The molecule has 6 heteroatoms. The minimum absolute atomic E-state index is 0.184. The second-order valence-electron chi connectivity index (χ2n) is 3.95. The maximum atomic E-state index is 13.7. The second-order valence-corrected chi connectivity index (χ2v) is 4.36. The number of imide groups is 1. The molecule has 1 aromatic carbocycles. The van der Waals surface area contributed by atoms with E-state index in [9.17, 15) is 19.1 Å². The average Bonchev–Trinajstić information content (AvgIpc) is 2.50. The lowest BCUT2D eigenvalue weighted by Crippen LogP contribution is -2.32. The molecule has 2 rings (SSSR count). The normalized spacial score (nSPS) is 15.9. The maximum absolute atomic E-state index is 13.7. The molecule has 1 aliphatic heterocycles. The Labute approximate surface area is 107 Å². The van der Waals surface area contributed by atoms with Crippen LogP contribution in [0.15, 0.2) is 23.3 Å². The van der Waals surface area contributed by atoms with Crippen LogP contribution in [-0.4, -0.2) is 16.9 Å². The van der Waals surface area contributed by atoms with Crippen LogP contribution < -0.4 is 4.90 Å². The number of hydrogen-bond donors (Lipinski definition) is 1. The van der Waals surface area contributed by atoms with Crippen molar-refractivity contribution < 1.29 is 19.1 Å². The topological polar surface area (TPSA) is 57.6 Å². The largest absolute Gasteiger partial charge is 0.506 e. The quantitative estimate of drug-likeness (QED) is 0.797. The number of anilines is 1. The van der Waals surface area contributed by atoms with Gasteiger partial charge < -0.3 is 5.11 Å². The highest BCUT2D eigenvalue weighted by atomic mass is 35.5. The number of benzene rings is 1. The summed E-state index contributed by atoms with van der Waals surface area (Å²) < 4.78 is 13.7. The van der Waals surface area contributed by atoms with Crippen LogP contribution in [0.4, 0.5) is 10.1 Å². The fourth-order valence-corrected chi connectivity index (χ4v) is 1.82. The summed E-state index contributed by atoms with van der Waals surface area (Å²) in [5, 5.41) is 9.24. The molecule has 2 amide bonds. The number of amides is 2. The van der Waals surface area contributed by atoms with Crippen LogP contribution in [0.1, 0.15) is 13.8 Å². The molecule has 0 spiro atoms. The summed E-state index contributed by atoms with van der Waals surface area (Å²) in [5.74, 6) is -2.44. The first-order valence-corrected chi connectivity index (χ1v) is 5.46. The van der Waals surface area contributed by atoms with E-state index in [1.165, 1.54) is 13.8 Å². The maximum Gasteiger partial charge on any atom is 0.261 e. The molecule has 1 N–H and O–H groups in total. The second kappa shape index (κ2) is 4.10. The van der Waals surface area contributed by atoms with Gasteiger partial charge in [0.25, 0.3) is 11.8 Å². The molecule has 0 radical (unpaired) electrons. The number of carbonyl (C=O) groups excluding carboxylic acids is 2. The first-order valence-electron chi connectivity index (χ1n) is 5.09. The summed E-state index contributed by atoms with van der Waals surface area (Å²) in [4.78, 5) is 24.4. The molecular weight excluding hydrogens is 261 g/mol. The average molecular weight is 270 g/mol. The zero-order valence-electron chi connectivity index (χ0n) is 9.62. The van der Waals surface area contributed by atoms with Crippen molar-refractivity contribution >= 4 is 29.1 Å². The van der Waals surface area contributed by atoms with Crippen LogP contribution in [0.3, 0.4) is 0 Å². The van der Waals surface area contributed by atoms with E-state index < -0.39 is 23.4 Å². The van der Waals surface area contributed by atoms with Crippen LogP contribution in [0.25, 0.3) is 0 Å². The zero-order valence-corrected chi connectivity index (χ0v) is 10.4. The van der Waals surface area contributed by atoms with Crippen molar-refractivity contribution in [2.24, 2.45) is 0 Å². The van der Waals surface area contributed by atoms with E-state index in [0.717, 1.165) is 12.1 Å². The van der Waals surface area contributed by atoms with Gasteiger partial charge in [-0.1, -0.05) is 11.6 Å². The van der Waals surface area contributed by atoms with Gasteiger partial charge in [0.1, 0.15) is 11.6 Å². The van der Waals surface area contributed by atoms with Gasteiger partial charge in [-0.3, -0.25) is 9.59 Å². The first-order chi connectivity index (χ1) is 8.34. The highest BCUT2D eigenvalue weighted by molar-refractivity contribution is 6.34. The molecule has 0 saturated heterocycles. The number of phenolic OH excluding ortho intramolecular Hbond substituents is 1. The van der Waals surface area contributed by atoms with Crippen LogP contribution in [0.5, 0.6) is 5.75 Å². The lowest BCUT2D eigenvalue weighted by molar-refractivity contribution is -0.120. The molecule has 1 aromatic rings. The van der Waals surface area contributed by atoms with Gasteiger partial charge in [-0.05, 0) is 19.9 Å². The standard InChI is InChI=1S/C12H9ClFNO3/c1-5-6(2)12(18)15(11(5)17)9-4-10(16)7(13)3-8(9)14/h3-4,16H,1-2H3. The van der Waals surface area contributed by atoms with Crippen LogP contribution in [-0.2, 0) is 9.59 Å². The van der Waals surface area contributed by atoms with E-state index in [0.29, 0.717) is 4.90 Å². The zero-order chi connectivity index (χ0) is 13.6. The molecule has 18 heavy (non-hydrogen) atoms. The Balaban J connectivity index is 2.56. The van der Waals surface area contributed by atoms with Gasteiger partial charge in [-0.2, -0.15) is 0 Å². The molecule has 0 saturated carbocycles. The number of phenols is 1. The Morgan fingerprint density at radius 3 is 2.17 bits per heavy atom. The Hall–Kier alpha value is -1.88. The molecule has 0 bridgehead atoms. The lowest BCUT2D eigenvalue weighted by atomic mass is 10.2. The summed E-state index contributed by atoms with van der Waals surface area (Å²) in [5.41, 5.74) is 0.214. The van der Waals surface area contributed by atoms with E-state index in [1.807, 2.05) is 0 Å². The van der Waals surface area contributed by atoms with Crippen molar-refractivity contribution in [3.63, 3.8) is 0 Å². The summed E-state index contributed by atoms with van der Waals surface area (Å²) in [6.07, 6.45) is 0. The molecule has 0 atom stereocenters. The van der Waals surface area contributed by atoms with E-state index in [-0.39, 0.29) is 21.9 Å². The van der Waals surface area contributed by atoms with Crippen molar-refractivity contribution in [2.45, 2.75) is 13.8 Å². The lowest BCUT2D eigenvalue weighted by Gasteiger charge is -2.16. The Morgan fingerprint density at radius 2 is 1.67 bits per heavy atom. The van der Waals surface area contributed by atoms with Gasteiger partial charge in [0, 0.05) is 17.2 Å². The first kappa shape index (κ1) is 12.6. The summed E-state index contributed by atoms with van der Waals surface area (Å²) in [6, 6.07) is 1.81. The Morgan fingerprint density at radius 1 is 1.17 bits per heavy atom. The highest BCUT2D eigenvalue weighted by Gasteiger charge is 2.36. The third-order valence-electron chi connectivity index (χ3n) is 2.87. The van der Waals surface area contributed by atoms with Crippen molar-refractivity contribution in [1.82, 2.24) is 0 Å². The highest BCUT2D eigenvalue weighted by Crippen LogP contribution is 2.34. The third-order valence-corrected chi connectivity index (χ3v) is 3.17. The number of halogens is 2. The predicted molar refractivity (Wildman–Crippen MR) is 63.9 cm³/mol. The van der Waals surface area contributed by atoms with E-state index in [2.05, 4.69) is 0 Å². The molecule has 0 aliphatic carbocycles. The Kier molecular flexibility index (Phi) is 2.86. The molecule has 0 unspecified atom stereocenters. The minimum atomic E-state index is -0.845. The number of hydrogen-bond acceptors (Lipinski definition) is 3. The monoisotopic (exact) mass is 269 g/mol. The van der Waals surface area contributed by atoms with E-state index in [1.54, 1.807) is 0 Å². The minimum Gasteiger partial charge on any atom is -0.506 e. The van der Waals surface area contributed by atoms with Crippen molar-refractivity contribution in [2.75, 3.05) is 4.90 Å². The van der Waals surface area contributed by atoms with Crippen molar-refractivity contribution in [3.05, 3.63) is 34.1 Å². The third kappa shape index (κ3) is 1.67. The SMILES string of the molecule is CC1=C(C)C(=O)N(c2cc(O)c(Cl)cc2F)C1=O. The van der Waals surface area contributed by atoms with Crippen LogP contribution in [0, 0.1) is 5.82 Å². The summed E-state index contributed by atoms with van der Waals surface area (Å²) in [7, 11) is 0. The molecule has 0 fully saturated rings. The van der Waals surface area contributed by atoms with E-state index in [4.69, 9.17) is 11.6 Å². The van der Waals surface area contributed by atoms with Gasteiger partial charge in [0.15, 0.2) is 0 Å². The molecule has 1 heterocycles. The van der Waals surface area contributed by atoms with Gasteiger partial charge >= 0.3 is 0 Å². The van der Waals surface area contributed by atoms with Crippen LogP contribution >= 0.6 is 11.6 Å². The number of carbonyl (C=O) groups is 2. The van der Waals surface area contributed by atoms with Crippen molar-refractivity contribution in [3.8, 4) is 5.75 Å². The Bertz CT molecular complexity index is 586. The molecule has 4 nitrogen and oxygen atoms in total. The summed E-state index contributed by atoms with van der Waals surface area (Å²) >= 11 is 5.53. The van der Waals surface area contributed by atoms with Gasteiger partial charge in [-0.15, -0.1) is 0 Å². The van der Waals surface area contributed by atoms with Gasteiger partial charge in [0.05, 0.1) is 10.7 Å². The number of nitrogens with zero attached hydrogens (tertiary/aromatic N) is 1. The molecule has 1 aliphatic rings. The number of aromatic hydroxyl groups is 1.